The van der Waals surface area contributed by atoms with Gasteiger partial charge < -0.3 is 5.32 Å². The normalized spacial score (nSPS) is 10.5. The van der Waals surface area contributed by atoms with Gasteiger partial charge in [0.25, 0.3) is 0 Å². The van der Waals surface area contributed by atoms with Gasteiger partial charge in [0.1, 0.15) is 5.82 Å². The van der Waals surface area contributed by atoms with Gasteiger partial charge in [-0.15, -0.1) is 0 Å². The molecular formula is C15H16FN. The summed E-state index contributed by atoms with van der Waals surface area (Å²) in [7, 11) is 1.93. The molecule has 0 bridgehead atoms. The van der Waals surface area contributed by atoms with Crippen molar-refractivity contribution in [3.8, 4) is 11.1 Å². The van der Waals surface area contributed by atoms with Crippen LogP contribution in [0.4, 0.5) is 4.39 Å². The van der Waals surface area contributed by atoms with Gasteiger partial charge in [0, 0.05) is 6.54 Å². The van der Waals surface area contributed by atoms with Gasteiger partial charge in [0.2, 0.25) is 0 Å². The number of aryl methyl sites for hydroxylation is 1. The van der Waals surface area contributed by atoms with Crippen molar-refractivity contribution in [2.75, 3.05) is 7.05 Å². The molecule has 2 aromatic rings. The highest BCUT2D eigenvalue weighted by Gasteiger charge is 2.03. The van der Waals surface area contributed by atoms with Crippen LogP contribution in [0.3, 0.4) is 0 Å². The molecule has 17 heavy (non-hydrogen) atoms. The maximum absolute atomic E-state index is 13.2. The monoisotopic (exact) mass is 229 g/mol. The molecule has 0 aromatic heterocycles. The summed E-state index contributed by atoms with van der Waals surface area (Å²) in [6.07, 6.45) is 0. The quantitative estimate of drug-likeness (QED) is 0.849. The average molecular weight is 229 g/mol. The van der Waals surface area contributed by atoms with Gasteiger partial charge in [-0.3, -0.25) is 0 Å². The van der Waals surface area contributed by atoms with E-state index in [1.54, 1.807) is 12.1 Å². The van der Waals surface area contributed by atoms with E-state index in [2.05, 4.69) is 30.4 Å². The molecular weight excluding hydrogens is 213 g/mol. The molecule has 0 spiro atoms. The first-order valence-electron chi connectivity index (χ1n) is 5.71. The van der Waals surface area contributed by atoms with Crippen LogP contribution in [0.1, 0.15) is 11.1 Å². The molecule has 0 aliphatic carbocycles. The standard InChI is InChI=1S/C15H16FN/c1-11-8-12(10-17-2)6-7-15(11)13-4-3-5-14(16)9-13/h3-9,17H,10H2,1-2H3. The zero-order valence-corrected chi connectivity index (χ0v) is 10.1. The lowest BCUT2D eigenvalue weighted by atomic mass is 9.98. The van der Waals surface area contributed by atoms with Crippen LogP contribution in [0, 0.1) is 12.7 Å². The maximum Gasteiger partial charge on any atom is 0.123 e. The van der Waals surface area contributed by atoms with Crippen LogP contribution in [0.2, 0.25) is 0 Å². The van der Waals surface area contributed by atoms with Gasteiger partial charge in [0.15, 0.2) is 0 Å². The second-order valence-electron chi connectivity index (χ2n) is 4.19. The van der Waals surface area contributed by atoms with E-state index in [4.69, 9.17) is 0 Å². The van der Waals surface area contributed by atoms with E-state index in [1.165, 1.54) is 17.2 Å². The van der Waals surface area contributed by atoms with Gasteiger partial charge in [0.05, 0.1) is 0 Å². The third-order valence-corrected chi connectivity index (χ3v) is 2.81. The van der Waals surface area contributed by atoms with Gasteiger partial charge in [-0.25, -0.2) is 4.39 Å². The van der Waals surface area contributed by atoms with Crippen molar-refractivity contribution < 1.29 is 4.39 Å². The largest absolute Gasteiger partial charge is 0.316 e. The highest BCUT2D eigenvalue weighted by Crippen LogP contribution is 2.24. The molecule has 0 radical (unpaired) electrons. The average Bonchev–Trinajstić information content (AvgIpc) is 2.29. The highest BCUT2D eigenvalue weighted by molar-refractivity contribution is 5.67. The van der Waals surface area contributed by atoms with Crippen LogP contribution < -0.4 is 5.32 Å². The van der Waals surface area contributed by atoms with Crippen molar-refractivity contribution in [3.05, 3.63) is 59.4 Å². The molecule has 0 atom stereocenters. The molecule has 0 saturated carbocycles. The maximum atomic E-state index is 13.2. The van der Waals surface area contributed by atoms with Gasteiger partial charge in [-0.2, -0.15) is 0 Å². The summed E-state index contributed by atoms with van der Waals surface area (Å²) >= 11 is 0. The number of halogens is 1. The van der Waals surface area contributed by atoms with E-state index < -0.39 is 0 Å². The Hall–Kier alpha value is -1.67. The molecule has 0 unspecified atom stereocenters. The Morgan fingerprint density at radius 1 is 1.12 bits per heavy atom. The van der Waals surface area contributed by atoms with Crippen molar-refractivity contribution >= 4 is 0 Å². The van der Waals surface area contributed by atoms with Crippen LogP contribution in [0.25, 0.3) is 11.1 Å². The van der Waals surface area contributed by atoms with E-state index in [0.29, 0.717) is 0 Å². The van der Waals surface area contributed by atoms with E-state index in [1.807, 2.05) is 13.1 Å². The third-order valence-electron chi connectivity index (χ3n) is 2.81. The summed E-state index contributed by atoms with van der Waals surface area (Å²) in [5.74, 6) is -0.193. The fraction of sp³-hybridized carbons (Fsp3) is 0.200. The van der Waals surface area contributed by atoms with Crippen LogP contribution >= 0.6 is 0 Å². The number of hydrogen-bond acceptors (Lipinski definition) is 1. The minimum atomic E-state index is -0.193. The fourth-order valence-electron chi connectivity index (χ4n) is 2.02. The Bertz CT molecular complexity index is 520. The summed E-state index contributed by atoms with van der Waals surface area (Å²) in [4.78, 5) is 0. The molecule has 0 aliphatic heterocycles. The zero-order chi connectivity index (χ0) is 12.3. The first kappa shape index (κ1) is 11.8. The highest BCUT2D eigenvalue weighted by atomic mass is 19.1. The Morgan fingerprint density at radius 2 is 1.94 bits per heavy atom. The first-order valence-corrected chi connectivity index (χ1v) is 5.71. The molecule has 1 N–H and O–H groups in total. The Morgan fingerprint density at radius 3 is 2.59 bits per heavy atom. The van der Waals surface area contributed by atoms with E-state index in [-0.39, 0.29) is 5.82 Å². The van der Waals surface area contributed by atoms with Gasteiger partial charge in [-0.1, -0.05) is 30.3 Å². The molecule has 0 fully saturated rings. The van der Waals surface area contributed by atoms with E-state index >= 15 is 0 Å². The smallest absolute Gasteiger partial charge is 0.123 e. The number of hydrogen-bond donors (Lipinski definition) is 1. The summed E-state index contributed by atoms with van der Waals surface area (Å²) in [5.41, 5.74) is 4.43. The lowest BCUT2D eigenvalue weighted by Gasteiger charge is -2.09. The van der Waals surface area contributed by atoms with Crippen LogP contribution in [0.15, 0.2) is 42.5 Å². The van der Waals surface area contributed by atoms with Crippen LogP contribution in [-0.4, -0.2) is 7.05 Å². The predicted molar refractivity (Wildman–Crippen MR) is 69.3 cm³/mol. The minimum absolute atomic E-state index is 0.193. The summed E-state index contributed by atoms with van der Waals surface area (Å²) in [6.45, 7) is 2.91. The Labute approximate surface area is 101 Å². The Kier molecular flexibility index (Phi) is 3.55. The summed E-state index contributed by atoms with van der Waals surface area (Å²) in [6, 6.07) is 13.0. The lowest BCUT2D eigenvalue weighted by Crippen LogP contribution is -2.05. The van der Waals surface area contributed by atoms with Crippen molar-refractivity contribution in [2.45, 2.75) is 13.5 Å². The Balaban J connectivity index is 2.39. The van der Waals surface area contributed by atoms with Crippen molar-refractivity contribution in [3.63, 3.8) is 0 Å². The molecule has 0 aliphatic rings. The third kappa shape index (κ3) is 2.71. The van der Waals surface area contributed by atoms with E-state index in [0.717, 1.165) is 17.7 Å². The zero-order valence-electron chi connectivity index (χ0n) is 10.1. The molecule has 0 saturated heterocycles. The minimum Gasteiger partial charge on any atom is -0.316 e. The predicted octanol–water partition coefficient (Wildman–Crippen LogP) is 3.52. The molecule has 2 rings (SSSR count). The SMILES string of the molecule is CNCc1ccc(-c2cccc(F)c2)c(C)c1. The second kappa shape index (κ2) is 5.11. The molecule has 0 amide bonds. The van der Waals surface area contributed by atoms with Crippen LogP contribution in [0.5, 0.6) is 0 Å². The van der Waals surface area contributed by atoms with Crippen molar-refractivity contribution in [1.82, 2.24) is 5.32 Å². The summed E-state index contributed by atoms with van der Waals surface area (Å²) < 4.78 is 13.2. The molecule has 88 valence electrons. The van der Waals surface area contributed by atoms with Crippen molar-refractivity contribution in [1.29, 1.82) is 0 Å². The molecule has 1 nitrogen and oxygen atoms in total. The molecule has 0 heterocycles. The van der Waals surface area contributed by atoms with E-state index in [9.17, 15) is 4.39 Å². The van der Waals surface area contributed by atoms with Crippen LogP contribution in [-0.2, 0) is 6.54 Å². The lowest BCUT2D eigenvalue weighted by molar-refractivity contribution is 0.628. The molecule has 2 heteroatoms. The number of nitrogens with one attached hydrogen (secondary N) is 1. The molecule has 2 aromatic carbocycles. The van der Waals surface area contributed by atoms with Gasteiger partial charge >= 0.3 is 0 Å². The summed E-state index contributed by atoms with van der Waals surface area (Å²) in [5, 5.41) is 3.12. The number of rotatable bonds is 3. The first-order chi connectivity index (χ1) is 8.20. The second-order valence-corrected chi connectivity index (χ2v) is 4.19. The topological polar surface area (TPSA) is 12.0 Å². The van der Waals surface area contributed by atoms with Gasteiger partial charge in [-0.05, 0) is 48.4 Å². The number of benzene rings is 2. The van der Waals surface area contributed by atoms with Crippen molar-refractivity contribution in [2.24, 2.45) is 0 Å². The fourth-order valence-corrected chi connectivity index (χ4v) is 2.02.